The van der Waals surface area contributed by atoms with Gasteiger partial charge >= 0.3 is 0 Å². The second kappa shape index (κ2) is 13.9. The lowest BCUT2D eigenvalue weighted by atomic mass is 9.79. The van der Waals surface area contributed by atoms with Gasteiger partial charge in [-0.2, -0.15) is 0 Å². The summed E-state index contributed by atoms with van der Waals surface area (Å²) < 4.78 is 10.8. The Balaban J connectivity index is 1.96. The van der Waals surface area contributed by atoms with Gasteiger partial charge in [-0.15, -0.1) is 0 Å². The molecule has 1 aliphatic rings. The molecular weight excluding hydrogens is 446 g/mol. The summed E-state index contributed by atoms with van der Waals surface area (Å²) in [6.07, 6.45) is 2.76. The van der Waals surface area contributed by atoms with E-state index in [2.05, 4.69) is 12.2 Å². The Hall–Kier alpha value is -2.00. The quantitative estimate of drug-likeness (QED) is 0.272. The van der Waals surface area contributed by atoms with Crippen molar-refractivity contribution in [2.45, 2.75) is 84.5 Å². The first-order valence-corrected chi connectivity index (χ1v) is 12.8. The minimum absolute atomic E-state index is 0.00136. The fraction of sp³-hybridized carbons (Fsp3) is 0.704. The summed E-state index contributed by atoms with van der Waals surface area (Å²) in [5.41, 5.74) is 7.90. The van der Waals surface area contributed by atoms with Gasteiger partial charge in [-0.1, -0.05) is 52.3 Å². The van der Waals surface area contributed by atoms with Gasteiger partial charge in [-0.25, -0.2) is 0 Å². The van der Waals surface area contributed by atoms with E-state index in [1.165, 1.54) is 0 Å². The molecule has 0 unspecified atom stereocenters. The van der Waals surface area contributed by atoms with Crippen LogP contribution < -0.4 is 16.0 Å². The van der Waals surface area contributed by atoms with Crippen LogP contribution in [0.1, 0.15) is 65.4 Å². The van der Waals surface area contributed by atoms with Crippen LogP contribution in [-0.4, -0.2) is 62.2 Å². The maximum atomic E-state index is 13.4. The van der Waals surface area contributed by atoms with Crippen molar-refractivity contribution >= 4 is 17.5 Å². The highest BCUT2D eigenvalue weighted by molar-refractivity contribution is 5.95. The van der Waals surface area contributed by atoms with E-state index in [1.54, 1.807) is 12.0 Å². The van der Waals surface area contributed by atoms with Crippen LogP contribution in [0.3, 0.4) is 0 Å². The van der Waals surface area contributed by atoms with Crippen LogP contribution in [0.5, 0.6) is 0 Å². The molecule has 1 aromatic rings. The largest absolute Gasteiger partial charge is 0.391 e. The van der Waals surface area contributed by atoms with Crippen LogP contribution in [0.2, 0.25) is 0 Å². The molecule has 0 aromatic heterocycles. The molecule has 2 rings (SSSR count). The number of aliphatic hydroxyl groups is 1. The second-order valence-electron chi connectivity index (χ2n) is 10.6. The van der Waals surface area contributed by atoms with Gasteiger partial charge in [0.1, 0.15) is 6.79 Å². The lowest BCUT2D eigenvalue weighted by molar-refractivity contribution is -0.125. The number of hydrogen-bond donors (Lipinski definition) is 3. The predicted octanol–water partition coefficient (Wildman–Crippen LogP) is 3.00. The average Bonchev–Trinajstić information content (AvgIpc) is 2.81. The first-order chi connectivity index (χ1) is 16.6. The first kappa shape index (κ1) is 29.2. The second-order valence-corrected chi connectivity index (χ2v) is 10.6. The molecule has 8 heteroatoms. The summed E-state index contributed by atoms with van der Waals surface area (Å²) in [5.74, 6) is -0.391. The number of nitrogens with one attached hydrogen (secondary N) is 1. The molecule has 0 aliphatic carbocycles. The maximum absolute atomic E-state index is 13.4. The number of ether oxygens (including phenoxy) is 2. The zero-order chi connectivity index (χ0) is 26.0. The van der Waals surface area contributed by atoms with Gasteiger partial charge in [-0.05, 0) is 36.3 Å². The number of para-hydroxylation sites is 1. The van der Waals surface area contributed by atoms with Crippen LogP contribution in [0.25, 0.3) is 0 Å². The Morgan fingerprint density at radius 1 is 1.31 bits per heavy atom. The van der Waals surface area contributed by atoms with Gasteiger partial charge < -0.3 is 30.5 Å². The van der Waals surface area contributed by atoms with Gasteiger partial charge in [-0.3, -0.25) is 9.59 Å². The molecule has 4 atom stereocenters. The van der Waals surface area contributed by atoms with Crippen molar-refractivity contribution in [1.29, 1.82) is 0 Å². The van der Waals surface area contributed by atoms with Crippen molar-refractivity contribution in [1.82, 2.24) is 5.32 Å². The number of aliphatic hydroxyl groups excluding tert-OH is 1. The number of rotatable bonds is 14. The van der Waals surface area contributed by atoms with Crippen LogP contribution in [0.15, 0.2) is 24.3 Å². The number of amides is 2. The molecule has 198 valence electrons. The number of carbonyl (C=O) groups is 2. The monoisotopic (exact) mass is 491 g/mol. The molecule has 1 aliphatic heterocycles. The standard InChI is InChI=1S/C27H45N3O5/c1-6-7-12-29-26(33)19(2)13-24(31)22(28)15-27(3,4)16-25(32)30-17-21(35-18-34-5)14-20-10-8-9-11-23(20)30/h8-11,19,21-22,24,31H,6-7,12-18,28H2,1-5H3,(H,29,33)/t19-,21-,22+,24+/m1/s1. The Labute approximate surface area is 210 Å². The number of nitrogens with two attached hydrogens (primary N) is 1. The summed E-state index contributed by atoms with van der Waals surface area (Å²) in [4.78, 5) is 27.5. The Bertz CT molecular complexity index is 816. The van der Waals surface area contributed by atoms with E-state index in [4.69, 9.17) is 15.2 Å². The van der Waals surface area contributed by atoms with Crippen LogP contribution in [-0.2, 0) is 25.5 Å². The van der Waals surface area contributed by atoms with E-state index in [-0.39, 0.29) is 37.0 Å². The minimum atomic E-state index is -0.821. The van der Waals surface area contributed by atoms with Gasteiger partial charge in [0.25, 0.3) is 0 Å². The Kier molecular flexibility index (Phi) is 11.6. The lowest BCUT2D eigenvalue weighted by Crippen LogP contribution is -2.46. The molecule has 0 saturated carbocycles. The SMILES string of the molecule is CCCCNC(=O)[C@H](C)C[C@H](O)[C@@H](N)CC(C)(C)CC(=O)N1C[C@H](OCOC)Cc2ccccc21. The molecule has 0 radical (unpaired) electrons. The highest BCUT2D eigenvalue weighted by atomic mass is 16.7. The molecule has 1 heterocycles. The summed E-state index contributed by atoms with van der Waals surface area (Å²) in [7, 11) is 1.58. The number of carbonyl (C=O) groups excluding carboxylic acids is 2. The maximum Gasteiger partial charge on any atom is 0.227 e. The average molecular weight is 492 g/mol. The highest BCUT2D eigenvalue weighted by Gasteiger charge is 2.34. The number of benzene rings is 1. The summed E-state index contributed by atoms with van der Waals surface area (Å²) in [6, 6.07) is 7.36. The number of methoxy groups -OCH3 is 1. The number of unbranched alkanes of at least 4 members (excludes halogenated alkanes) is 1. The van der Waals surface area contributed by atoms with Gasteiger partial charge in [0.05, 0.1) is 18.8 Å². The van der Waals surface area contributed by atoms with Gasteiger partial charge in [0.2, 0.25) is 11.8 Å². The van der Waals surface area contributed by atoms with Crippen LogP contribution in [0.4, 0.5) is 5.69 Å². The van der Waals surface area contributed by atoms with Gasteiger partial charge in [0, 0.05) is 44.1 Å². The van der Waals surface area contributed by atoms with E-state index in [1.807, 2.05) is 45.0 Å². The molecule has 1 aromatic carbocycles. The van der Waals surface area contributed by atoms with Crippen LogP contribution >= 0.6 is 0 Å². The lowest BCUT2D eigenvalue weighted by Gasteiger charge is -2.37. The van der Waals surface area contributed by atoms with Gasteiger partial charge in [0.15, 0.2) is 0 Å². The minimum Gasteiger partial charge on any atom is -0.391 e. The van der Waals surface area contributed by atoms with E-state index in [0.29, 0.717) is 25.9 Å². The first-order valence-electron chi connectivity index (χ1n) is 12.8. The molecule has 2 amide bonds. The number of nitrogens with zero attached hydrogens (tertiary/aromatic N) is 1. The van der Waals surface area contributed by atoms with E-state index < -0.39 is 17.6 Å². The third kappa shape index (κ3) is 9.18. The molecule has 8 nitrogen and oxygen atoms in total. The molecule has 35 heavy (non-hydrogen) atoms. The van der Waals surface area contributed by atoms with Crippen molar-refractivity contribution in [3.05, 3.63) is 29.8 Å². The number of hydrogen-bond acceptors (Lipinski definition) is 6. The van der Waals surface area contributed by atoms with Crippen molar-refractivity contribution < 1.29 is 24.2 Å². The van der Waals surface area contributed by atoms with E-state index in [0.717, 1.165) is 30.5 Å². The highest BCUT2D eigenvalue weighted by Crippen LogP contribution is 2.33. The van der Waals surface area contributed by atoms with Crippen molar-refractivity contribution in [2.24, 2.45) is 17.1 Å². The molecular formula is C27H45N3O5. The molecule has 0 spiro atoms. The molecule has 0 bridgehead atoms. The molecule has 4 N–H and O–H groups in total. The fourth-order valence-electron chi connectivity index (χ4n) is 4.63. The van der Waals surface area contributed by atoms with Crippen LogP contribution in [0, 0.1) is 11.3 Å². The number of anilines is 1. The summed E-state index contributed by atoms with van der Waals surface area (Å²) in [5, 5.41) is 13.6. The topological polar surface area (TPSA) is 114 Å². The van der Waals surface area contributed by atoms with Crippen molar-refractivity contribution in [2.75, 3.05) is 31.9 Å². The Morgan fingerprint density at radius 3 is 2.71 bits per heavy atom. The number of fused-ring (bicyclic) bond motifs is 1. The smallest absolute Gasteiger partial charge is 0.227 e. The third-order valence-electron chi connectivity index (χ3n) is 6.62. The zero-order valence-corrected chi connectivity index (χ0v) is 22.1. The van der Waals surface area contributed by atoms with E-state index >= 15 is 0 Å². The third-order valence-corrected chi connectivity index (χ3v) is 6.62. The zero-order valence-electron chi connectivity index (χ0n) is 22.1. The predicted molar refractivity (Wildman–Crippen MR) is 138 cm³/mol. The Morgan fingerprint density at radius 2 is 2.03 bits per heavy atom. The summed E-state index contributed by atoms with van der Waals surface area (Å²) >= 11 is 0. The van der Waals surface area contributed by atoms with E-state index in [9.17, 15) is 14.7 Å². The normalized spacial score (nSPS) is 18.5. The fourth-order valence-corrected chi connectivity index (χ4v) is 4.63. The van der Waals surface area contributed by atoms with Crippen molar-refractivity contribution in [3.63, 3.8) is 0 Å². The molecule has 0 saturated heterocycles. The summed E-state index contributed by atoms with van der Waals surface area (Å²) in [6.45, 7) is 9.16. The molecule has 0 fully saturated rings. The van der Waals surface area contributed by atoms with Crippen molar-refractivity contribution in [3.8, 4) is 0 Å².